The minimum absolute atomic E-state index is 0.128. The molecule has 152 valence electrons. The van der Waals surface area contributed by atoms with E-state index in [0.29, 0.717) is 6.54 Å². The summed E-state index contributed by atoms with van der Waals surface area (Å²) < 4.78 is 19.0. The van der Waals surface area contributed by atoms with E-state index < -0.39 is 30.0 Å². The molecule has 0 spiro atoms. The van der Waals surface area contributed by atoms with Gasteiger partial charge in [0.05, 0.1) is 23.8 Å². The van der Waals surface area contributed by atoms with Gasteiger partial charge in [0.1, 0.15) is 18.0 Å². The lowest BCUT2D eigenvalue weighted by molar-refractivity contribution is -0.0209. The SMILES string of the molecule is CN(C)CCN(C)[C@H]1[C@H](O)[C@H](CO)O[C@@H]1CNC(=O)c1ccc(F)c(Cl)c1. The van der Waals surface area contributed by atoms with E-state index in [9.17, 15) is 19.4 Å². The fourth-order valence-electron chi connectivity index (χ4n) is 3.13. The first-order valence-corrected chi connectivity index (χ1v) is 9.15. The lowest BCUT2D eigenvalue weighted by Gasteiger charge is -2.31. The van der Waals surface area contributed by atoms with Gasteiger partial charge in [-0.15, -0.1) is 0 Å². The Morgan fingerprint density at radius 1 is 1.30 bits per heavy atom. The molecule has 4 atom stereocenters. The number of aliphatic hydroxyl groups is 2. The molecule has 27 heavy (non-hydrogen) atoms. The molecular formula is C18H27ClFN3O4. The lowest BCUT2D eigenvalue weighted by atomic mass is 10.0. The molecular weight excluding hydrogens is 377 g/mol. The van der Waals surface area contributed by atoms with E-state index in [0.717, 1.165) is 12.6 Å². The van der Waals surface area contributed by atoms with Gasteiger partial charge in [-0.3, -0.25) is 9.69 Å². The van der Waals surface area contributed by atoms with Crippen molar-refractivity contribution in [2.45, 2.75) is 24.4 Å². The number of likely N-dealkylation sites (N-methyl/N-ethyl adjacent to an activating group) is 2. The topological polar surface area (TPSA) is 85.3 Å². The van der Waals surface area contributed by atoms with Crippen molar-refractivity contribution >= 4 is 17.5 Å². The molecule has 0 saturated carbocycles. The Morgan fingerprint density at radius 2 is 2.00 bits per heavy atom. The van der Waals surface area contributed by atoms with Gasteiger partial charge >= 0.3 is 0 Å². The molecule has 9 heteroatoms. The zero-order valence-electron chi connectivity index (χ0n) is 15.7. The maximum atomic E-state index is 13.2. The molecule has 3 N–H and O–H groups in total. The van der Waals surface area contributed by atoms with Crippen molar-refractivity contribution in [3.63, 3.8) is 0 Å². The number of carbonyl (C=O) groups excluding carboxylic acids is 1. The Balaban J connectivity index is 2.02. The number of hydrogen-bond acceptors (Lipinski definition) is 6. The van der Waals surface area contributed by atoms with E-state index in [1.165, 1.54) is 12.1 Å². The Bertz CT molecular complexity index is 649. The van der Waals surface area contributed by atoms with Crippen LogP contribution in [0, 0.1) is 5.82 Å². The molecule has 1 aromatic rings. The second kappa shape index (κ2) is 9.77. The first-order chi connectivity index (χ1) is 12.7. The smallest absolute Gasteiger partial charge is 0.251 e. The summed E-state index contributed by atoms with van der Waals surface area (Å²) in [7, 11) is 5.78. The number of rotatable bonds is 8. The van der Waals surface area contributed by atoms with Crippen LogP contribution in [0.3, 0.4) is 0 Å². The maximum absolute atomic E-state index is 13.2. The largest absolute Gasteiger partial charge is 0.394 e. The second-order valence-corrected chi connectivity index (χ2v) is 7.41. The second-order valence-electron chi connectivity index (χ2n) is 7.00. The fraction of sp³-hybridized carbons (Fsp3) is 0.611. The molecule has 0 bridgehead atoms. The number of halogens is 2. The third kappa shape index (κ3) is 5.60. The van der Waals surface area contributed by atoms with Gasteiger partial charge in [0.15, 0.2) is 0 Å². The number of nitrogens with one attached hydrogen (secondary N) is 1. The van der Waals surface area contributed by atoms with Gasteiger partial charge in [-0.1, -0.05) is 11.6 Å². The minimum atomic E-state index is -0.871. The molecule has 1 fully saturated rings. The number of carbonyl (C=O) groups is 1. The molecule has 1 saturated heterocycles. The summed E-state index contributed by atoms with van der Waals surface area (Å²) in [5.41, 5.74) is 0.233. The fourth-order valence-corrected chi connectivity index (χ4v) is 3.31. The van der Waals surface area contributed by atoms with Gasteiger partial charge < -0.3 is 25.2 Å². The Kier molecular flexibility index (Phi) is 7.96. The molecule has 2 rings (SSSR count). The van der Waals surface area contributed by atoms with E-state index in [1.807, 2.05) is 30.9 Å². The number of benzene rings is 1. The van der Waals surface area contributed by atoms with E-state index in [-0.39, 0.29) is 29.8 Å². The van der Waals surface area contributed by atoms with E-state index in [2.05, 4.69) is 5.32 Å². The molecule has 0 aliphatic carbocycles. The van der Waals surface area contributed by atoms with Gasteiger partial charge in [0.25, 0.3) is 5.91 Å². The quantitative estimate of drug-likeness (QED) is 0.574. The molecule has 1 heterocycles. The molecule has 0 unspecified atom stereocenters. The average Bonchev–Trinajstić information content (AvgIpc) is 2.95. The van der Waals surface area contributed by atoms with E-state index >= 15 is 0 Å². The van der Waals surface area contributed by atoms with Crippen LogP contribution in [0.15, 0.2) is 18.2 Å². The summed E-state index contributed by atoms with van der Waals surface area (Å²) in [6.07, 6.45) is -2.08. The number of aliphatic hydroxyl groups excluding tert-OH is 2. The standard InChI is InChI=1S/C18H27ClFN3O4/c1-22(2)6-7-23(3)16-14(27-15(10-24)17(16)25)9-21-18(26)11-4-5-13(20)12(19)8-11/h4-5,8,14-17,24-25H,6-7,9-10H2,1-3H3,(H,21,26)/t14-,15+,16-,17-/m1/s1. The Labute approximate surface area is 163 Å². The number of amides is 1. The number of ether oxygens (including phenoxy) is 1. The highest BCUT2D eigenvalue weighted by Gasteiger charge is 2.45. The zero-order chi connectivity index (χ0) is 20.1. The van der Waals surface area contributed by atoms with Crippen molar-refractivity contribution in [1.29, 1.82) is 0 Å². The number of hydrogen-bond donors (Lipinski definition) is 3. The highest BCUT2D eigenvalue weighted by Crippen LogP contribution is 2.25. The Hall–Kier alpha value is -1.29. The molecule has 0 radical (unpaired) electrons. The van der Waals surface area contributed by atoms with Crippen LogP contribution in [0.2, 0.25) is 5.02 Å². The molecule has 1 aliphatic rings. The van der Waals surface area contributed by atoms with Crippen molar-refractivity contribution < 1.29 is 24.1 Å². The highest BCUT2D eigenvalue weighted by atomic mass is 35.5. The van der Waals surface area contributed by atoms with Crippen LogP contribution >= 0.6 is 11.6 Å². The summed E-state index contributed by atoms with van der Waals surface area (Å²) in [6.45, 7) is 1.31. The van der Waals surface area contributed by atoms with Crippen molar-refractivity contribution in [1.82, 2.24) is 15.1 Å². The number of nitrogens with zero attached hydrogens (tertiary/aromatic N) is 2. The summed E-state index contributed by atoms with van der Waals surface area (Å²) in [5, 5.41) is 22.5. The van der Waals surface area contributed by atoms with Crippen molar-refractivity contribution in [3.05, 3.63) is 34.6 Å². The predicted octanol–water partition coefficient (Wildman–Crippen LogP) is 0.192. The van der Waals surface area contributed by atoms with Gasteiger partial charge in [-0.2, -0.15) is 0 Å². The normalized spacial score (nSPS) is 25.4. The van der Waals surface area contributed by atoms with Gasteiger partial charge in [-0.05, 0) is 39.3 Å². The average molecular weight is 404 g/mol. The van der Waals surface area contributed by atoms with Crippen LogP contribution in [-0.2, 0) is 4.74 Å². The van der Waals surface area contributed by atoms with Gasteiger partial charge in [0.2, 0.25) is 0 Å². The zero-order valence-corrected chi connectivity index (χ0v) is 16.5. The first-order valence-electron chi connectivity index (χ1n) is 8.77. The first kappa shape index (κ1) is 22.0. The monoisotopic (exact) mass is 403 g/mol. The lowest BCUT2D eigenvalue weighted by Crippen LogP contribution is -2.51. The predicted molar refractivity (Wildman–Crippen MR) is 100 cm³/mol. The maximum Gasteiger partial charge on any atom is 0.251 e. The molecule has 1 aromatic carbocycles. The van der Waals surface area contributed by atoms with Crippen LogP contribution in [-0.4, -0.2) is 97.7 Å². The molecule has 1 aliphatic heterocycles. The van der Waals surface area contributed by atoms with E-state index in [1.54, 1.807) is 0 Å². The van der Waals surface area contributed by atoms with Gasteiger partial charge in [-0.25, -0.2) is 4.39 Å². The van der Waals surface area contributed by atoms with Crippen LogP contribution in [0.25, 0.3) is 0 Å². The van der Waals surface area contributed by atoms with Crippen molar-refractivity contribution in [3.8, 4) is 0 Å². The van der Waals surface area contributed by atoms with Crippen LogP contribution < -0.4 is 5.32 Å². The van der Waals surface area contributed by atoms with Crippen LogP contribution in [0.4, 0.5) is 4.39 Å². The van der Waals surface area contributed by atoms with Crippen LogP contribution in [0.5, 0.6) is 0 Å². The third-order valence-electron chi connectivity index (χ3n) is 4.70. The minimum Gasteiger partial charge on any atom is -0.394 e. The molecule has 1 amide bonds. The van der Waals surface area contributed by atoms with Crippen molar-refractivity contribution in [2.24, 2.45) is 0 Å². The van der Waals surface area contributed by atoms with Crippen LogP contribution in [0.1, 0.15) is 10.4 Å². The Morgan fingerprint density at radius 3 is 2.59 bits per heavy atom. The summed E-state index contributed by atoms with van der Waals surface area (Å²) in [4.78, 5) is 16.3. The van der Waals surface area contributed by atoms with E-state index in [4.69, 9.17) is 16.3 Å². The summed E-state index contributed by atoms with van der Waals surface area (Å²) in [5.74, 6) is -1.01. The van der Waals surface area contributed by atoms with Crippen molar-refractivity contribution in [2.75, 3.05) is 47.4 Å². The molecule has 0 aromatic heterocycles. The highest BCUT2D eigenvalue weighted by molar-refractivity contribution is 6.31. The van der Waals surface area contributed by atoms with Gasteiger partial charge in [0, 0.05) is 25.2 Å². The summed E-state index contributed by atoms with van der Waals surface area (Å²) in [6, 6.07) is 3.36. The summed E-state index contributed by atoms with van der Waals surface area (Å²) >= 11 is 5.72. The third-order valence-corrected chi connectivity index (χ3v) is 4.99. The molecule has 7 nitrogen and oxygen atoms in total.